The molecule has 0 amide bonds. The quantitative estimate of drug-likeness (QED) is 0.659. The smallest absolute Gasteiger partial charge is 0.153 e. The summed E-state index contributed by atoms with van der Waals surface area (Å²) in [5.41, 5.74) is 2.11. The van der Waals surface area contributed by atoms with Crippen LogP contribution >= 0.6 is 0 Å². The standard InChI is InChI=1S/C16H13NO/c1-12-7-9-14(10-8-12)18-15-6-2-4-13-5-3-11-17-16(13)15/h2-11H,1H3. The second kappa shape index (κ2) is 4.49. The van der Waals surface area contributed by atoms with Gasteiger partial charge >= 0.3 is 0 Å². The van der Waals surface area contributed by atoms with E-state index in [1.54, 1.807) is 6.20 Å². The molecule has 0 N–H and O–H groups in total. The second-order valence-electron chi connectivity index (χ2n) is 4.25. The number of pyridine rings is 1. The molecule has 0 radical (unpaired) electrons. The molecule has 0 fully saturated rings. The van der Waals surface area contributed by atoms with Crippen molar-refractivity contribution in [3.05, 3.63) is 66.4 Å². The average Bonchev–Trinajstić information content (AvgIpc) is 2.42. The third-order valence-electron chi connectivity index (χ3n) is 2.84. The van der Waals surface area contributed by atoms with Crippen LogP contribution in [0, 0.1) is 6.92 Å². The zero-order valence-corrected chi connectivity index (χ0v) is 10.1. The molecule has 2 heteroatoms. The van der Waals surface area contributed by atoms with Gasteiger partial charge in [0.05, 0.1) is 0 Å². The summed E-state index contributed by atoms with van der Waals surface area (Å²) in [6.07, 6.45) is 1.78. The first-order valence-corrected chi connectivity index (χ1v) is 5.91. The Morgan fingerprint density at radius 3 is 2.50 bits per heavy atom. The fraction of sp³-hybridized carbons (Fsp3) is 0.0625. The molecule has 3 aromatic rings. The van der Waals surface area contributed by atoms with E-state index in [-0.39, 0.29) is 0 Å². The van der Waals surface area contributed by atoms with Gasteiger partial charge in [0, 0.05) is 11.6 Å². The second-order valence-corrected chi connectivity index (χ2v) is 4.25. The highest BCUT2D eigenvalue weighted by molar-refractivity contribution is 5.84. The van der Waals surface area contributed by atoms with Crippen molar-refractivity contribution in [3.63, 3.8) is 0 Å². The van der Waals surface area contributed by atoms with Gasteiger partial charge in [0.1, 0.15) is 11.3 Å². The highest BCUT2D eigenvalue weighted by Gasteiger charge is 2.03. The first kappa shape index (κ1) is 10.8. The molecule has 0 aliphatic rings. The van der Waals surface area contributed by atoms with E-state index >= 15 is 0 Å². The number of hydrogen-bond acceptors (Lipinski definition) is 2. The number of ether oxygens (including phenoxy) is 1. The predicted molar refractivity (Wildman–Crippen MR) is 73.0 cm³/mol. The lowest BCUT2D eigenvalue weighted by molar-refractivity contribution is 0.487. The fourth-order valence-corrected chi connectivity index (χ4v) is 1.89. The summed E-state index contributed by atoms with van der Waals surface area (Å²) in [4.78, 5) is 4.37. The van der Waals surface area contributed by atoms with Crippen molar-refractivity contribution in [2.24, 2.45) is 0 Å². The minimum atomic E-state index is 0.789. The van der Waals surface area contributed by atoms with Crippen molar-refractivity contribution in [1.82, 2.24) is 4.98 Å². The maximum absolute atomic E-state index is 5.88. The van der Waals surface area contributed by atoms with E-state index in [1.807, 2.05) is 54.6 Å². The molecule has 3 rings (SSSR count). The van der Waals surface area contributed by atoms with Crippen LogP contribution in [-0.4, -0.2) is 4.98 Å². The molecular weight excluding hydrogens is 222 g/mol. The zero-order valence-electron chi connectivity index (χ0n) is 10.1. The van der Waals surface area contributed by atoms with Crippen molar-refractivity contribution < 1.29 is 4.74 Å². The molecular formula is C16H13NO. The molecule has 88 valence electrons. The van der Waals surface area contributed by atoms with Gasteiger partial charge in [0.25, 0.3) is 0 Å². The third-order valence-corrected chi connectivity index (χ3v) is 2.84. The minimum absolute atomic E-state index is 0.789. The van der Waals surface area contributed by atoms with Gasteiger partial charge in [-0.1, -0.05) is 35.9 Å². The van der Waals surface area contributed by atoms with Crippen LogP contribution in [0.4, 0.5) is 0 Å². The van der Waals surface area contributed by atoms with Gasteiger partial charge in [-0.3, -0.25) is 4.98 Å². The van der Waals surface area contributed by atoms with Crippen LogP contribution in [0.3, 0.4) is 0 Å². The Bertz CT molecular complexity index is 669. The van der Waals surface area contributed by atoms with Crippen molar-refractivity contribution in [1.29, 1.82) is 0 Å². The molecule has 0 aliphatic carbocycles. The summed E-state index contributed by atoms with van der Waals surface area (Å²) in [6.45, 7) is 2.06. The van der Waals surface area contributed by atoms with E-state index in [0.29, 0.717) is 0 Å². The molecule has 1 aromatic heterocycles. The van der Waals surface area contributed by atoms with Crippen LogP contribution in [0.2, 0.25) is 0 Å². The van der Waals surface area contributed by atoms with Gasteiger partial charge in [-0.05, 0) is 31.2 Å². The van der Waals surface area contributed by atoms with E-state index in [9.17, 15) is 0 Å². The highest BCUT2D eigenvalue weighted by Crippen LogP contribution is 2.28. The Hall–Kier alpha value is -2.35. The number of nitrogens with zero attached hydrogens (tertiary/aromatic N) is 1. The summed E-state index contributed by atoms with van der Waals surface area (Å²) < 4.78 is 5.88. The molecule has 2 nitrogen and oxygen atoms in total. The maximum Gasteiger partial charge on any atom is 0.153 e. The largest absolute Gasteiger partial charge is 0.455 e. The molecule has 1 heterocycles. The maximum atomic E-state index is 5.88. The lowest BCUT2D eigenvalue weighted by Crippen LogP contribution is -1.87. The number of aromatic nitrogens is 1. The SMILES string of the molecule is Cc1ccc(Oc2cccc3cccnc23)cc1. The number of para-hydroxylation sites is 1. The minimum Gasteiger partial charge on any atom is -0.455 e. The molecule has 0 saturated carbocycles. The Morgan fingerprint density at radius 1 is 0.889 bits per heavy atom. The van der Waals surface area contributed by atoms with E-state index < -0.39 is 0 Å². The lowest BCUT2D eigenvalue weighted by atomic mass is 10.2. The van der Waals surface area contributed by atoms with Crippen LogP contribution in [0.25, 0.3) is 10.9 Å². The van der Waals surface area contributed by atoms with Crippen LogP contribution in [0.5, 0.6) is 11.5 Å². The van der Waals surface area contributed by atoms with Gasteiger partial charge in [0.2, 0.25) is 0 Å². The summed E-state index contributed by atoms with van der Waals surface area (Å²) in [5, 5.41) is 1.09. The van der Waals surface area contributed by atoms with Gasteiger partial charge in [-0.25, -0.2) is 0 Å². The number of fused-ring (bicyclic) bond motifs is 1. The Labute approximate surface area is 106 Å². The Kier molecular flexibility index (Phi) is 2.69. The molecule has 0 saturated heterocycles. The van der Waals surface area contributed by atoms with Crippen LogP contribution in [0.15, 0.2) is 60.8 Å². The number of benzene rings is 2. The summed E-state index contributed by atoms with van der Waals surface area (Å²) in [6, 6.07) is 17.9. The zero-order chi connectivity index (χ0) is 12.4. The lowest BCUT2D eigenvalue weighted by Gasteiger charge is -2.08. The highest BCUT2D eigenvalue weighted by atomic mass is 16.5. The van der Waals surface area contributed by atoms with Crippen LogP contribution < -0.4 is 4.74 Å². The van der Waals surface area contributed by atoms with Crippen LogP contribution in [0.1, 0.15) is 5.56 Å². The van der Waals surface area contributed by atoms with E-state index in [2.05, 4.69) is 11.9 Å². The number of rotatable bonds is 2. The summed E-state index contributed by atoms with van der Waals surface area (Å²) in [5.74, 6) is 1.62. The topological polar surface area (TPSA) is 22.1 Å². The molecule has 0 aliphatic heterocycles. The van der Waals surface area contributed by atoms with E-state index in [4.69, 9.17) is 4.74 Å². The molecule has 18 heavy (non-hydrogen) atoms. The molecule has 0 bridgehead atoms. The van der Waals surface area contributed by atoms with Gasteiger partial charge < -0.3 is 4.74 Å². The normalized spacial score (nSPS) is 10.5. The first-order chi connectivity index (χ1) is 8.83. The number of hydrogen-bond donors (Lipinski definition) is 0. The predicted octanol–water partition coefficient (Wildman–Crippen LogP) is 4.34. The number of aryl methyl sites for hydroxylation is 1. The van der Waals surface area contributed by atoms with Crippen LogP contribution in [-0.2, 0) is 0 Å². The summed E-state index contributed by atoms with van der Waals surface area (Å²) in [7, 11) is 0. The Morgan fingerprint density at radius 2 is 1.67 bits per heavy atom. The van der Waals surface area contributed by atoms with Gasteiger partial charge in [0.15, 0.2) is 5.75 Å². The van der Waals surface area contributed by atoms with Crippen molar-refractivity contribution >= 4 is 10.9 Å². The van der Waals surface area contributed by atoms with E-state index in [0.717, 1.165) is 22.4 Å². The third kappa shape index (κ3) is 2.05. The van der Waals surface area contributed by atoms with Gasteiger partial charge in [-0.2, -0.15) is 0 Å². The fourth-order valence-electron chi connectivity index (χ4n) is 1.89. The van der Waals surface area contributed by atoms with Crippen molar-refractivity contribution in [3.8, 4) is 11.5 Å². The van der Waals surface area contributed by atoms with E-state index in [1.165, 1.54) is 5.56 Å². The summed E-state index contributed by atoms with van der Waals surface area (Å²) >= 11 is 0. The monoisotopic (exact) mass is 235 g/mol. The van der Waals surface area contributed by atoms with Gasteiger partial charge in [-0.15, -0.1) is 0 Å². The van der Waals surface area contributed by atoms with Crippen molar-refractivity contribution in [2.75, 3.05) is 0 Å². The molecule has 0 spiro atoms. The molecule has 2 aromatic carbocycles. The van der Waals surface area contributed by atoms with Crippen molar-refractivity contribution in [2.45, 2.75) is 6.92 Å². The Balaban J connectivity index is 2.02. The molecule has 0 unspecified atom stereocenters. The molecule has 0 atom stereocenters. The average molecular weight is 235 g/mol. The first-order valence-electron chi connectivity index (χ1n) is 5.91.